The summed E-state index contributed by atoms with van der Waals surface area (Å²) >= 11 is 12.2. The largest absolute Gasteiger partial charge is 0.347 e. The summed E-state index contributed by atoms with van der Waals surface area (Å²) in [5, 5.41) is 0. The van der Waals surface area contributed by atoms with Crippen LogP contribution in [0.2, 0.25) is 0 Å². The lowest BCUT2D eigenvalue weighted by Gasteiger charge is -2.20. The lowest BCUT2D eigenvalue weighted by Crippen LogP contribution is -2.18. The minimum Gasteiger partial charge on any atom is -0.347 e. The van der Waals surface area contributed by atoms with Crippen LogP contribution in [0.3, 0.4) is 0 Å². The van der Waals surface area contributed by atoms with Crippen LogP contribution < -0.4 is 0 Å². The fourth-order valence-electron chi connectivity index (χ4n) is 1.73. The molecule has 1 nitrogen and oxygen atoms in total. The summed E-state index contributed by atoms with van der Waals surface area (Å²) < 4.78 is 4.49. The van der Waals surface area contributed by atoms with Crippen LogP contribution in [0.25, 0.3) is 0 Å². The topological polar surface area (TPSA) is 9.23 Å². The van der Waals surface area contributed by atoms with Gasteiger partial charge in [0.15, 0.2) is 0 Å². The van der Waals surface area contributed by atoms with E-state index in [0.29, 0.717) is 6.61 Å². The Kier molecular flexibility index (Phi) is 12.0. The molecule has 0 radical (unpaired) electrons. The maximum atomic E-state index is 6.08. The molecule has 0 fully saturated rings. The second kappa shape index (κ2) is 11.6. The van der Waals surface area contributed by atoms with Crippen molar-refractivity contribution in [1.29, 1.82) is 0 Å². The van der Waals surface area contributed by atoms with Crippen molar-refractivity contribution in [3.05, 3.63) is 0 Å². The molecule has 0 N–H and O–H groups in total. The number of unbranched alkanes of at least 4 members (excludes halogenated alkanes) is 7. The number of rotatable bonds is 12. The van der Waals surface area contributed by atoms with E-state index < -0.39 is 4.52 Å². The first-order valence-electron chi connectivity index (χ1n) is 7.14. The van der Waals surface area contributed by atoms with Crippen LogP contribution >= 0.6 is 23.2 Å². The van der Waals surface area contributed by atoms with E-state index >= 15 is 0 Å². The molecule has 0 atom stereocenters. The molecule has 0 rings (SSSR count). The summed E-state index contributed by atoms with van der Waals surface area (Å²) in [5.74, 6) is 0. The van der Waals surface area contributed by atoms with Gasteiger partial charge in [-0.25, -0.2) is 0 Å². The van der Waals surface area contributed by atoms with Crippen LogP contribution in [0, 0.1) is 0 Å². The maximum absolute atomic E-state index is 6.08. The van der Waals surface area contributed by atoms with Crippen LogP contribution in [0.1, 0.15) is 78.1 Å². The quantitative estimate of drug-likeness (QED) is 0.312. The van der Waals surface area contributed by atoms with Gasteiger partial charge in [-0.15, -0.1) is 0 Å². The summed E-state index contributed by atoms with van der Waals surface area (Å²) in [6, 6.07) is 0. The fourth-order valence-corrected chi connectivity index (χ4v) is 2.15. The molecule has 0 saturated heterocycles. The molecule has 0 aliphatic carbocycles. The molecule has 0 aliphatic rings. The second-order valence-electron chi connectivity index (χ2n) is 4.71. The Bertz CT molecular complexity index is 160. The third kappa shape index (κ3) is 12.8. The van der Waals surface area contributed by atoms with Crippen LogP contribution in [0.5, 0.6) is 0 Å². The molecule has 104 valence electrons. The van der Waals surface area contributed by atoms with Crippen LogP contribution in [0.15, 0.2) is 0 Å². The standard InChI is InChI=1S/C14H28Cl2O/c1-3-5-7-8-9-10-11-12-14(15,16)17-13-6-4-2/h3-13H2,1-2H3. The van der Waals surface area contributed by atoms with E-state index in [1.165, 1.54) is 38.5 Å². The Morgan fingerprint density at radius 2 is 1.29 bits per heavy atom. The molecule has 0 heterocycles. The Morgan fingerprint density at radius 3 is 1.88 bits per heavy atom. The molecule has 0 aromatic rings. The van der Waals surface area contributed by atoms with Crippen molar-refractivity contribution < 1.29 is 4.74 Å². The lowest BCUT2D eigenvalue weighted by atomic mass is 10.1. The molecular weight excluding hydrogens is 255 g/mol. The second-order valence-corrected chi connectivity index (χ2v) is 6.13. The highest BCUT2D eigenvalue weighted by molar-refractivity contribution is 6.47. The molecule has 0 unspecified atom stereocenters. The highest BCUT2D eigenvalue weighted by Crippen LogP contribution is 2.29. The van der Waals surface area contributed by atoms with Crippen molar-refractivity contribution in [2.45, 2.75) is 82.6 Å². The Labute approximate surface area is 117 Å². The van der Waals surface area contributed by atoms with E-state index in [0.717, 1.165) is 25.7 Å². The number of alkyl halides is 2. The molecule has 17 heavy (non-hydrogen) atoms. The van der Waals surface area contributed by atoms with Crippen LogP contribution in [-0.4, -0.2) is 11.1 Å². The third-order valence-electron chi connectivity index (χ3n) is 2.88. The number of hydrogen-bond donors (Lipinski definition) is 0. The van der Waals surface area contributed by atoms with E-state index in [2.05, 4.69) is 13.8 Å². The molecule has 0 saturated carbocycles. The van der Waals surface area contributed by atoms with E-state index in [4.69, 9.17) is 27.9 Å². The van der Waals surface area contributed by atoms with Crippen molar-refractivity contribution >= 4 is 23.2 Å². The molecule has 0 bridgehead atoms. The van der Waals surface area contributed by atoms with E-state index in [-0.39, 0.29) is 0 Å². The zero-order valence-corrected chi connectivity index (χ0v) is 13.0. The van der Waals surface area contributed by atoms with Gasteiger partial charge < -0.3 is 4.74 Å². The summed E-state index contributed by atoms with van der Waals surface area (Å²) in [5.41, 5.74) is 0. The summed E-state index contributed by atoms with van der Waals surface area (Å²) in [4.78, 5) is 0. The number of hydrogen-bond acceptors (Lipinski definition) is 1. The van der Waals surface area contributed by atoms with Gasteiger partial charge in [0.25, 0.3) is 0 Å². The summed E-state index contributed by atoms with van der Waals surface area (Å²) in [6.45, 7) is 5.03. The van der Waals surface area contributed by atoms with Crippen molar-refractivity contribution in [3.63, 3.8) is 0 Å². The first-order chi connectivity index (χ1) is 8.12. The molecule has 0 spiro atoms. The average Bonchev–Trinajstić information content (AvgIpc) is 2.28. The van der Waals surface area contributed by atoms with Gasteiger partial charge in [0, 0.05) is 6.42 Å². The van der Waals surface area contributed by atoms with E-state index in [1.807, 2.05) is 0 Å². The maximum Gasteiger partial charge on any atom is 0.217 e. The number of halogens is 2. The van der Waals surface area contributed by atoms with Crippen molar-refractivity contribution in [2.75, 3.05) is 6.61 Å². The first kappa shape index (κ1) is 17.5. The van der Waals surface area contributed by atoms with Crippen molar-refractivity contribution in [1.82, 2.24) is 0 Å². The zero-order valence-electron chi connectivity index (χ0n) is 11.4. The molecule has 0 aliphatic heterocycles. The normalized spacial score (nSPS) is 12.0. The molecule has 0 amide bonds. The van der Waals surface area contributed by atoms with Crippen LogP contribution in [0.4, 0.5) is 0 Å². The van der Waals surface area contributed by atoms with Gasteiger partial charge in [-0.05, 0) is 12.8 Å². The SMILES string of the molecule is CCCCCCCCCC(Cl)(Cl)OCCCC. The third-order valence-corrected chi connectivity index (χ3v) is 3.48. The predicted molar refractivity (Wildman–Crippen MR) is 77.9 cm³/mol. The van der Waals surface area contributed by atoms with E-state index in [1.54, 1.807) is 0 Å². The van der Waals surface area contributed by atoms with Crippen molar-refractivity contribution in [3.8, 4) is 0 Å². The van der Waals surface area contributed by atoms with Crippen molar-refractivity contribution in [2.24, 2.45) is 0 Å². The highest BCUT2D eigenvalue weighted by Gasteiger charge is 2.23. The number of ether oxygens (including phenoxy) is 1. The fraction of sp³-hybridized carbons (Fsp3) is 1.00. The van der Waals surface area contributed by atoms with Gasteiger partial charge in [0.1, 0.15) is 0 Å². The van der Waals surface area contributed by atoms with Gasteiger partial charge in [0.2, 0.25) is 4.52 Å². The Morgan fingerprint density at radius 1 is 0.765 bits per heavy atom. The lowest BCUT2D eigenvalue weighted by molar-refractivity contribution is 0.0682. The summed E-state index contributed by atoms with van der Waals surface area (Å²) in [7, 11) is 0. The van der Waals surface area contributed by atoms with Gasteiger partial charge in [-0.3, -0.25) is 0 Å². The van der Waals surface area contributed by atoms with E-state index in [9.17, 15) is 0 Å². The Hall–Kier alpha value is 0.540. The van der Waals surface area contributed by atoms with Gasteiger partial charge in [0.05, 0.1) is 6.61 Å². The first-order valence-corrected chi connectivity index (χ1v) is 7.89. The average molecular weight is 283 g/mol. The minimum absolute atomic E-state index is 0.667. The molecule has 3 heteroatoms. The Balaban J connectivity index is 3.32. The molecular formula is C14H28Cl2O. The van der Waals surface area contributed by atoms with Gasteiger partial charge in [-0.1, -0.05) is 82.0 Å². The predicted octanol–water partition coefficient (Wildman–Crippen LogP) is 6.08. The molecule has 0 aromatic carbocycles. The van der Waals surface area contributed by atoms with Crippen LogP contribution in [-0.2, 0) is 4.74 Å². The smallest absolute Gasteiger partial charge is 0.217 e. The highest BCUT2D eigenvalue weighted by atomic mass is 35.5. The minimum atomic E-state index is -0.960. The summed E-state index contributed by atoms with van der Waals surface area (Å²) in [6.07, 6.45) is 11.8. The zero-order chi connectivity index (χ0) is 13.0. The monoisotopic (exact) mass is 282 g/mol. The van der Waals surface area contributed by atoms with Gasteiger partial charge in [-0.2, -0.15) is 0 Å². The molecule has 0 aromatic heterocycles. The van der Waals surface area contributed by atoms with Gasteiger partial charge >= 0.3 is 0 Å².